The standard InChI is InChI=1S/C10H12N4O3S2/c1-17-4-9-13-14-10(19-9)12-7(16)2-8-11-6(3-15)5-18-8/h5,15H,2-4H2,1H3,(H,12,14,16). The van der Waals surface area contributed by atoms with Crippen LogP contribution < -0.4 is 5.32 Å². The molecule has 2 heterocycles. The second kappa shape index (κ2) is 6.66. The number of nitrogens with zero attached hydrogens (tertiary/aromatic N) is 3. The number of nitrogens with one attached hydrogen (secondary N) is 1. The average Bonchev–Trinajstić information content (AvgIpc) is 2.99. The number of methoxy groups -OCH3 is 1. The van der Waals surface area contributed by atoms with Crippen molar-refractivity contribution in [3.63, 3.8) is 0 Å². The van der Waals surface area contributed by atoms with Gasteiger partial charge in [-0.1, -0.05) is 11.3 Å². The normalized spacial score (nSPS) is 10.6. The fourth-order valence-corrected chi connectivity index (χ4v) is 2.80. The van der Waals surface area contributed by atoms with Gasteiger partial charge in [-0.25, -0.2) is 4.98 Å². The maximum Gasteiger partial charge on any atom is 0.233 e. The Morgan fingerprint density at radius 2 is 2.32 bits per heavy atom. The lowest BCUT2D eigenvalue weighted by molar-refractivity contribution is -0.115. The van der Waals surface area contributed by atoms with Crippen molar-refractivity contribution in [2.45, 2.75) is 19.6 Å². The van der Waals surface area contributed by atoms with Crippen LogP contribution >= 0.6 is 22.7 Å². The van der Waals surface area contributed by atoms with Gasteiger partial charge in [-0.2, -0.15) is 0 Å². The highest BCUT2D eigenvalue weighted by molar-refractivity contribution is 7.15. The number of ether oxygens (including phenoxy) is 1. The van der Waals surface area contributed by atoms with Crippen LogP contribution in [0.15, 0.2) is 5.38 Å². The molecule has 19 heavy (non-hydrogen) atoms. The third kappa shape index (κ3) is 4.03. The number of aliphatic hydroxyl groups is 1. The Balaban J connectivity index is 1.89. The Labute approximate surface area is 117 Å². The fraction of sp³-hybridized carbons (Fsp3) is 0.400. The highest BCUT2D eigenvalue weighted by Crippen LogP contribution is 2.17. The van der Waals surface area contributed by atoms with Gasteiger partial charge in [-0.15, -0.1) is 21.5 Å². The topological polar surface area (TPSA) is 97.2 Å². The Hall–Kier alpha value is -1.42. The van der Waals surface area contributed by atoms with Crippen LogP contribution in [0.25, 0.3) is 0 Å². The monoisotopic (exact) mass is 300 g/mol. The molecule has 2 rings (SSSR count). The highest BCUT2D eigenvalue weighted by Gasteiger charge is 2.11. The molecule has 0 aliphatic carbocycles. The van der Waals surface area contributed by atoms with Crippen LogP contribution in [0.5, 0.6) is 0 Å². The Morgan fingerprint density at radius 1 is 1.47 bits per heavy atom. The molecule has 0 aliphatic rings. The average molecular weight is 300 g/mol. The van der Waals surface area contributed by atoms with Gasteiger partial charge in [0.1, 0.15) is 16.6 Å². The number of carbonyl (C=O) groups is 1. The zero-order valence-electron chi connectivity index (χ0n) is 10.1. The molecule has 102 valence electrons. The Morgan fingerprint density at radius 3 is 3.00 bits per heavy atom. The minimum absolute atomic E-state index is 0.116. The highest BCUT2D eigenvalue weighted by atomic mass is 32.1. The molecule has 2 aromatic heterocycles. The fourth-order valence-electron chi connectivity index (χ4n) is 1.29. The second-order valence-electron chi connectivity index (χ2n) is 3.55. The minimum Gasteiger partial charge on any atom is -0.390 e. The first-order chi connectivity index (χ1) is 9.21. The molecule has 0 saturated heterocycles. The van der Waals surface area contributed by atoms with Crippen molar-refractivity contribution in [1.82, 2.24) is 15.2 Å². The number of anilines is 1. The van der Waals surface area contributed by atoms with Gasteiger partial charge in [-0.05, 0) is 0 Å². The van der Waals surface area contributed by atoms with Crippen LogP contribution in [-0.2, 0) is 29.2 Å². The number of amides is 1. The quantitative estimate of drug-likeness (QED) is 0.819. The molecule has 0 spiro atoms. The lowest BCUT2D eigenvalue weighted by atomic mass is 10.4. The zero-order valence-corrected chi connectivity index (χ0v) is 11.8. The van der Waals surface area contributed by atoms with Crippen LogP contribution in [0.1, 0.15) is 15.7 Å². The summed E-state index contributed by atoms with van der Waals surface area (Å²) in [4.78, 5) is 15.8. The van der Waals surface area contributed by atoms with Gasteiger partial charge in [0.15, 0.2) is 0 Å². The molecular weight excluding hydrogens is 288 g/mol. The van der Waals surface area contributed by atoms with Crippen LogP contribution in [0, 0.1) is 0 Å². The van der Waals surface area contributed by atoms with Crippen molar-refractivity contribution in [2.24, 2.45) is 0 Å². The largest absolute Gasteiger partial charge is 0.390 e. The third-order valence-electron chi connectivity index (χ3n) is 2.05. The first-order valence-corrected chi connectivity index (χ1v) is 7.06. The van der Waals surface area contributed by atoms with E-state index in [4.69, 9.17) is 9.84 Å². The Bertz CT molecular complexity index is 554. The summed E-state index contributed by atoms with van der Waals surface area (Å²) in [6.45, 7) is 0.259. The molecule has 0 aromatic carbocycles. The number of hydrogen-bond acceptors (Lipinski definition) is 8. The third-order valence-corrected chi connectivity index (χ3v) is 3.76. The summed E-state index contributed by atoms with van der Waals surface area (Å²) in [5, 5.41) is 22.8. The first kappa shape index (κ1) is 14.0. The number of thiazole rings is 1. The van der Waals surface area contributed by atoms with Crippen molar-refractivity contribution in [3.8, 4) is 0 Å². The van der Waals surface area contributed by atoms with Crippen molar-refractivity contribution < 1.29 is 14.6 Å². The first-order valence-electron chi connectivity index (χ1n) is 5.36. The molecule has 7 nitrogen and oxygen atoms in total. The SMILES string of the molecule is COCc1nnc(NC(=O)Cc2nc(CO)cs2)s1. The summed E-state index contributed by atoms with van der Waals surface area (Å²) < 4.78 is 4.92. The summed E-state index contributed by atoms with van der Waals surface area (Å²) in [7, 11) is 1.57. The molecule has 2 aromatic rings. The lowest BCUT2D eigenvalue weighted by Crippen LogP contribution is -2.14. The van der Waals surface area contributed by atoms with E-state index < -0.39 is 0 Å². The van der Waals surface area contributed by atoms with Crippen molar-refractivity contribution in [1.29, 1.82) is 0 Å². The smallest absolute Gasteiger partial charge is 0.233 e. The Kier molecular flexibility index (Phi) is 4.91. The van der Waals surface area contributed by atoms with Gasteiger partial charge < -0.3 is 15.2 Å². The van der Waals surface area contributed by atoms with Crippen LogP contribution in [-0.4, -0.2) is 33.3 Å². The summed E-state index contributed by atoms with van der Waals surface area (Å²) in [5.74, 6) is -0.209. The number of rotatable bonds is 6. The van der Waals surface area contributed by atoms with E-state index in [1.54, 1.807) is 12.5 Å². The van der Waals surface area contributed by atoms with Crippen LogP contribution in [0.4, 0.5) is 5.13 Å². The molecule has 0 bridgehead atoms. The van der Waals surface area contributed by atoms with Crippen LogP contribution in [0.2, 0.25) is 0 Å². The van der Waals surface area contributed by atoms with Gasteiger partial charge >= 0.3 is 0 Å². The number of hydrogen-bond donors (Lipinski definition) is 2. The van der Waals surface area contributed by atoms with E-state index in [2.05, 4.69) is 20.5 Å². The van der Waals surface area contributed by atoms with Crippen LogP contribution in [0.3, 0.4) is 0 Å². The molecule has 9 heteroatoms. The zero-order chi connectivity index (χ0) is 13.7. The molecule has 0 radical (unpaired) electrons. The van der Waals surface area contributed by atoms with Gasteiger partial charge in [0.05, 0.1) is 18.7 Å². The van der Waals surface area contributed by atoms with E-state index in [1.807, 2.05) is 0 Å². The van der Waals surface area contributed by atoms with Gasteiger partial charge in [-0.3, -0.25) is 4.79 Å². The van der Waals surface area contributed by atoms with E-state index >= 15 is 0 Å². The van der Waals surface area contributed by atoms with E-state index in [9.17, 15) is 4.79 Å². The number of aromatic nitrogens is 3. The minimum atomic E-state index is -0.209. The number of carbonyl (C=O) groups excluding carboxylic acids is 1. The summed E-state index contributed by atoms with van der Waals surface area (Å²) >= 11 is 2.61. The van der Waals surface area contributed by atoms with Gasteiger partial charge in [0, 0.05) is 12.5 Å². The summed E-state index contributed by atoms with van der Waals surface area (Å²) in [5.41, 5.74) is 0.575. The lowest BCUT2D eigenvalue weighted by Gasteiger charge is -1.97. The van der Waals surface area contributed by atoms with E-state index in [0.717, 1.165) is 0 Å². The van der Waals surface area contributed by atoms with Gasteiger partial charge in [0.25, 0.3) is 0 Å². The van der Waals surface area contributed by atoms with E-state index in [0.29, 0.717) is 27.4 Å². The van der Waals surface area contributed by atoms with Gasteiger partial charge in [0.2, 0.25) is 11.0 Å². The molecule has 2 N–H and O–H groups in total. The predicted molar refractivity (Wildman–Crippen MR) is 71.0 cm³/mol. The van der Waals surface area contributed by atoms with Crippen molar-refractivity contribution >= 4 is 33.7 Å². The molecule has 0 saturated carbocycles. The maximum atomic E-state index is 11.7. The molecule has 0 atom stereocenters. The summed E-state index contributed by atoms with van der Waals surface area (Å²) in [6.07, 6.45) is 0.157. The maximum absolute atomic E-state index is 11.7. The molecule has 1 amide bonds. The molecule has 0 aliphatic heterocycles. The molecular formula is C10H12N4O3S2. The molecule has 0 unspecified atom stereocenters. The van der Waals surface area contributed by atoms with Crippen molar-refractivity contribution in [3.05, 3.63) is 21.1 Å². The molecule has 0 fully saturated rings. The number of aliphatic hydroxyl groups excluding tert-OH is 1. The van der Waals surface area contributed by atoms with E-state index in [1.165, 1.54) is 22.7 Å². The summed E-state index contributed by atoms with van der Waals surface area (Å²) in [6, 6.07) is 0. The van der Waals surface area contributed by atoms with E-state index in [-0.39, 0.29) is 18.9 Å². The van der Waals surface area contributed by atoms with Crippen molar-refractivity contribution in [2.75, 3.05) is 12.4 Å². The second-order valence-corrected chi connectivity index (χ2v) is 5.55. The predicted octanol–water partition coefficient (Wildman–Crippen LogP) is 0.814.